The van der Waals surface area contributed by atoms with Crippen LogP contribution in [0.15, 0.2) is 18.2 Å². The van der Waals surface area contributed by atoms with Gasteiger partial charge < -0.3 is 10.7 Å². The maximum Gasteiger partial charge on any atom is 0.253 e. The van der Waals surface area contributed by atoms with E-state index in [0.717, 1.165) is 0 Å². The topological polar surface area (TPSA) is 70.4 Å². The molecule has 1 amide bonds. The van der Waals surface area contributed by atoms with E-state index in [0.29, 0.717) is 34.9 Å². The molecule has 0 aromatic heterocycles. The molecule has 0 radical (unpaired) electrons. The lowest BCUT2D eigenvalue weighted by atomic mass is 10.1. The van der Waals surface area contributed by atoms with E-state index in [4.69, 9.17) is 17.4 Å². The van der Waals surface area contributed by atoms with Gasteiger partial charge in [-0.05, 0) is 45.0 Å². The summed E-state index contributed by atoms with van der Waals surface area (Å²) in [6, 6.07) is 5.98. The SMILES string of the molecule is CC(CNC(=O)c1cc(Cl)ccc1NN)N(C)C1CC1. The zero-order valence-electron chi connectivity index (χ0n) is 11.8. The molecule has 0 spiro atoms. The predicted octanol–water partition coefficient (Wildman–Crippen LogP) is 1.84. The van der Waals surface area contributed by atoms with Crippen LogP contribution < -0.4 is 16.6 Å². The number of nitrogen functional groups attached to an aromatic ring is 1. The van der Waals surface area contributed by atoms with Crippen molar-refractivity contribution in [2.24, 2.45) is 5.84 Å². The zero-order valence-corrected chi connectivity index (χ0v) is 12.6. The van der Waals surface area contributed by atoms with Gasteiger partial charge >= 0.3 is 0 Å². The molecule has 2 rings (SSSR count). The molecule has 1 fully saturated rings. The molecule has 0 saturated heterocycles. The first kappa shape index (κ1) is 15.1. The van der Waals surface area contributed by atoms with E-state index in [1.54, 1.807) is 18.2 Å². The molecule has 1 atom stereocenters. The zero-order chi connectivity index (χ0) is 14.7. The fraction of sp³-hybridized carbons (Fsp3) is 0.500. The van der Waals surface area contributed by atoms with E-state index in [1.807, 2.05) is 0 Å². The highest BCUT2D eigenvalue weighted by atomic mass is 35.5. The minimum Gasteiger partial charge on any atom is -0.350 e. The summed E-state index contributed by atoms with van der Waals surface area (Å²) >= 11 is 5.92. The van der Waals surface area contributed by atoms with Crippen LogP contribution in [0.25, 0.3) is 0 Å². The lowest BCUT2D eigenvalue weighted by Crippen LogP contribution is -2.41. The summed E-state index contributed by atoms with van der Waals surface area (Å²) in [6.07, 6.45) is 2.51. The average molecular weight is 297 g/mol. The Labute approximate surface area is 124 Å². The van der Waals surface area contributed by atoms with Gasteiger partial charge in [0.2, 0.25) is 0 Å². The fourth-order valence-electron chi connectivity index (χ4n) is 2.15. The Morgan fingerprint density at radius 1 is 1.55 bits per heavy atom. The number of halogens is 1. The van der Waals surface area contributed by atoms with Crippen LogP contribution in [0.5, 0.6) is 0 Å². The van der Waals surface area contributed by atoms with Crippen molar-refractivity contribution in [1.29, 1.82) is 0 Å². The molecule has 1 aromatic rings. The third-order valence-electron chi connectivity index (χ3n) is 3.76. The summed E-state index contributed by atoms with van der Waals surface area (Å²) in [6.45, 7) is 2.71. The van der Waals surface area contributed by atoms with Gasteiger partial charge in [0.1, 0.15) is 0 Å². The largest absolute Gasteiger partial charge is 0.350 e. The van der Waals surface area contributed by atoms with Gasteiger partial charge in [0.25, 0.3) is 5.91 Å². The summed E-state index contributed by atoms with van der Waals surface area (Å²) in [5.74, 6) is 5.24. The Hall–Kier alpha value is -1.30. The summed E-state index contributed by atoms with van der Waals surface area (Å²) in [7, 11) is 2.10. The highest BCUT2D eigenvalue weighted by Crippen LogP contribution is 2.26. The van der Waals surface area contributed by atoms with E-state index in [9.17, 15) is 4.79 Å². The van der Waals surface area contributed by atoms with Crippen LogP contribution in [0.4, 0.5) is 5.69 Å². The van der Waals surface area contributed by atoms with E-state index < -0.39 is 0 Å². The van der Waals surface area contributed by atoms with Crippen molar-refractivity contribution in [3.8, 4) is 0 Å². The van der Waals surface area contributed by atoms with E-state index >= 15 is 0 Å². The van der Waals surface area contributed by atoms with Crippen molar-refractivity contribution in [2.75, 3.05) is 19.0 Å². The molecule has 110 valence electrons. The number of nitrogens with two attached hydrogens (primary N) is 1. The molecule has 0 aliphatic heterocycles. The highest BCUT2D eigenvalue weighted by molar-refractivity contribution is 6.31. The van der Waals surface area contributed by atoms with Gasteiger partial charge in [0.15, 0.2) is 0 Å². The minimum absolute atomic E-state index is 0.170. The van der Waals surface area contributed by atoms with Gasteiger partial charge in [-0.1, -0.05) is 11.6 Å². The van der Waals surface area contributed by atoms with Crippen LogP contribution in [0, 0.1) is 0 Å². The molecular weight excluding hydrogens is 276 g/mol. The molecule has 1 saturated carbocycles. The Kier molecular flexibility index (Phi) is 4.86. The maximum absolute atomic E-state index is 12.2. The van der Waals surface area contributed by atoms with Crippen LogP contribution in [0.3, 0.4) is 0 Å². The molecule has 20 heavy (non-hydrogen) atoms. The third-order valence-corrected chi connectivity index (χ3v) is 3.99. The van der Waals surface area contributed by atoms with Crippen molar-refractivity contribution in [3.05, 3.63) is 28.8 Å². The summed E-state index contributed by atoms with van der Waals surface area (Å²) < 4.78 is 0. The molecule has 5 nitrogen and oxygen atoms in total. The first-order valence-electron chi connectivity index (χ1n) is 6.79. The van der Waals surface area contributed by atoms with Gasteiger partial charge in [0, 0.05) is 23.7 Å². The van der Waals surface area contributed by atoms with Gasteiger partial charge in [0.05, 0.1) is 11.3 Å². The number of hydrazine groups is 1. The minimum atomic E-state index is -0.170. The number of carbonyl (C=O) groups is 1. The van der Waals surface area contributed by atoms with E-state index in [-0.39, 0.29) is 5.91 Å². The Balaban J connectivity index is 1.95. The number of nitrogens with one attached hydrogen (secondary N) is 2. The number of amides is 1. The number of rotatable bonds is 6. The quantitative estimate of drug-likeness (QED) is 0.553. The predicted molar refractivity (Wildman–Crippen MR) is 81.8 cm³/mol. The van der Waals surface area contributed by atoms with Crippen LogP contribution >= 0.6 is 11.6 Å². The number of likely N-dealkylation sites (N-methyl/N-ethyl adjacent to an activating group) is 1. The standard InChI is InChI=1S/C14H21ClN4O/c1-9(19(2)11-4-5-11)8-17-14(20)12-7-10(15)3-6-13(12)18-16/h3,6-7,9,11,18H,4-5,8,16H2,1-2H3,(H,17,20). The smallest absolute Gasteiger partial charge is 0.253 e. The van der Waals surface area contributed by atoms with Gasteiger partial charge in [-0.3, -0.25) is 15.5 Å². The van der Waals surface area contributed by atoms with Crippen molar-refractivity contribution in [1.82, 2.24) is 10.2 Å². The van der Waals surface area contributed by atoms with Crippen LogP contribution in [0.2, 0.25) is 5.02 Å². The van der Waals surface area contributed by atoms with Gasteiger partial charge in [-0.2, -0.15) is 0 Å². The lowest BCUT2D eigenvalue weighted by molar-refractivity contribution is 0.0940. The Morgan fingerprint density at radius 2 is 2.25 bits per heavy atom. The first-order chi connectivity index (χ1) is 9.52. The molecule has 0 heterocycles. The molecule has 0 bridgehead atoms. The van der Waals surface area contributed by atoms with Gasteiger partial charge in [-0.25, -0.2) is 0 Å². The molecule has 1 unspecified atom stereocenters. The summed E-state index contributed by atoms with van der Waals surface area (Å²) in [5, 5.41) is 3.44. The van der Waals surface area contributed by atoms with E-state index in [1.165, 1.54) is 12.8 Å². The molecular formula is C14H21ClN4O. The summed E-state index contributed by atoms with van der Waals surface area (Å²) in [4.78, 5) is 14.5. The number of benzene rings is 1. The average Bonchev–Trinajstić information content (AvgIpc) is 3.28. The van der Waals surface area contributed by atoms with Crippen LogP contribution in [-0.4, -0.2) is 36.5 Å². The van der Waals surface area contributed by atoms with Gasteiger partial charge in [-0.15, -0.1) is 0 Å². The number of anilines is 1. The van der Waals surface area contributed by atoms with Crippen molar-refractivity contribution in [2.45, 2.75) is 31.8 Å². The number of carbonyl (C=O) groups excluding carboxylic acids is 1. The molecule has 1 aliphatic rings. The van der Waals surface area contributed by atoms with Crippen molar-refractivity contribution < 1.29 is 4.79 Å². The normalized spacial score (nSPS) is 16.1. The highest BCUT2D eigenvalue weighted by Gasteiger charge is 2.29. The molecule has 1 aromatic carbocycles. The van der Waals surface area contributed by atoms with Crippen molar-refractivity contribution >= 4 is 23.2 Å². The number of hydrogen-bond acceptors (Lipinski definition) is 4. The fourth-order valence-corrected chi connectivity index (χ4v) is 2.32. The summed E-state index contributed by atoms with van der Waals surface area (Å²) in [5.41, 5.74) is 3.54. The Bertz CT molecular complexity index is 490. The molecule has 1 aliphatic carbocycles. The molecule has 4 N–H and O–H groups in total. The second-order valence-electron chi connectivity index (χ2n) is 5.29. The number of hydrogen-bond donors (Lipinski definition) is 3. The van der Waals surface area contributed by atoms with Crippen LogP contribution in [0.1, 0.15) is 30.1 Å². The third kappa shape index (κ3) is 3.62. The van der Waals surface area contributed by atoms with E-state index in [2.05, 4.69) is 29.6 Å². The van der Waals surface area contributed by atoms with Crippen LogP contribution in [-0.2, 0) is 0 Å². The first-order valence-corrected chi connectivity index (χ1v) is 7.17. The maximum atomic E-state index is 12.2. The second-order valence-corrected chi connectivity index (χ2v) is 5.73. The second kappa shape index (κ2) is 6.43. The monoisotopic (exact) mass is 296 g/mol. The lowest BCUT2D eigenvalue weighted by Gasteiger charge is -2.24. The number of nitrogens with zero attached hydrogens (tertiary/aromatic N) is 1. The Morgan fingerprint density at radius 3 is 2.85 bits per heavy atom. The van der Waals surface area contributed by atoms with Crippen molar-refractivity contribution in [3.63, 3.8) is 0 Å². The molecule has 6 heteroatoms.